The average molecular weight is 327 g/mol. The van der Waals surface area contributed by atoms with Crippen LogP contribution in [0.25, 0.3) is 0 Å². The van der Waals surface area contributed by atoms with Gasteiger partial charge in [0, 0.05) is 17.8 Å². The molecular formula is C14H19BrN2O2. The molecule has 0 spiro atoms. The lowest BCUT2D eigenvalue weighted by Crippen LogP contribution is -2.31. The van der Waals surface area contributed by atoms with Crippen LogP contribution in [0.5, 0.6) is 0 Å². The number of anilines is 1. The Morgan fingerprint density at radius 2 is 1.95 bits per heavy atom. The van der Waals surface area contributed by atoms with Crippen LogP contribution < -0.4 is 10.6 Å². The third kappa shape index (κ3) is 4.35. The van der Waals surface area contributed by atoms with Crippen LogP contribution in [0.1, 0.15) is 36.7 Å². The summed E-state index contributed by atoms with van der Waals surface area (Å²) in [6.45, 7) is 7.86. The molecule has 1 aromatic rings. The Hall–Kier alpha value is -1.36. The first-order chi connectivity index (χ1) is 8.75. The second-order valence-electron chi connectivity index (χ2n) is 4.82. The van der Waals surface area contributed by atoms with Crippen LogP contribution in [0.15, 0.2) is 18.2 Å². The van der Waals surface area contributed by atoms with Gasteiger partial charge in [0.1, 0.15) is 0 Å². The highest BCUT2D eigenvalue weighted by Crippen LogP contribution is 2.22. The summed E-state index contributed by atoms with van der Waals surface area (Å²) >= 11 is 3.31. The van der Waals surface area contributed by atoms with Gasteiger partial charge in [0.05, 0.1) is 4.32 Å². The number of carbonyl (C=O) groups is 2. The van der Waals surface area contributed by atoms with Gasteiger partial charge in [-0.25, -0.2) is 0 Å². The maximum Gasteiger partial charge on any atom is 0.251 e. The number of halogens is 1. The minimum Gasteiger partial charge on any atom is -0.352 e. The first-order valence-electron chi connectivity index (χ1n) is 6.15. The third-order valence-electron chi connectivity index (χ3n) is 2.63. The Kier molecular flexibility index (Phi) is 5.11. The molecule has 2 amide bonds. The molecule has 0 atom stereocenters. The number of benzene rings is 1. The molecule has 1 rings (SSSR count). The molecule has 104 valence electrons. The first-order valence-corrected chi connectivity index (χ1v) is 6.94. The van der Waals surface area contributed by atoms with Gasteiger partial charge in [-0.05, 0) is 45.4 Å². The molecule has 0 radical (unpaired) electrons. The van der Waals surface area contributed by atoms with Gasteiger partial charge >= 0.3 is 0 Å². The second kappa shape index (κ2) is 6.19. The molecule has 1 aromatic carbocycles. The van der Waals surface area contributed by atoms with Crippen molar-refractivity contribution in [2.24, 2.45) is 0 Å². The minimum absolute atomic E-state index is 0.142. The third-order valence-corrected chi connectivity index (χ3v) is 2.99. The van der Waals surface area contributed by atoms with Gasteiger partial charge in [0.15, 0.2) is 0 Å². The fraction of sp³-hybridized carbons (Fsp3) is 0.429. The van der Waals surface area contributed by atoms with Crippen molar-refractivity contribution in [1.29, 1.82) is 0 Å². The fourth-order valence-electron chi connectivity index (χ4n) is 1.43. The topological polar surface area (TPSA) is 58.2 Å². The van der Waals surface area contributed by atoms with E-state index in [1.54, 1.807) is 26.0 Å². The summed E-state index contributed by atoms with van der Waals surface area (Å²) in [5.41, 5.74) is 2.11. The number of hydrogen-bond acceptors (Lipinski definition) is 2. The Morgan fingerprint density at radius 1 is 1.32 bits per heavy atom. The standard InChI is InChI=1S/C14H19BrN2O2/c1-5-16-12(18)10-7-6-9(2)11(8-10)17-13(19)14(3,4)15/h6-8H,5H2,1-4H3,(H,16,18)(H,17,19). The van der Waals surface area contributed by atoms with Crippen molar-refractivity contribution in [2.75, 3.05) is 11.9 Å². The number of alkyl halides is 1. The van der Waals surface area contributed by atoms with Gasteiger partial charge in [0.2, 0.25) is 5.91 Å². The van der Waals surface area contributed by atoms with Gasteiger partial charge in [-0.2, -0.15) is 0 Å². The van der Waals surface area contributed by atoms with E-state index in [-0.39, 0.29) is 11.8 Å². The molecule has 5 heteroatoms. The summed E-state index contributed by atoms with van der Waals surface area (Å²) in [7, 11) is 0. The molecule has 4 nitrogen and oxygen atoms in total. The molecule has 19 heavy (non-hydrogen) atoms. The van der Waals surface area contributed by atoms with E-state index in [1.165, 1.54) is 0 Å². The van der Waals surface area contributed by atoms with E-state index in [4.69, 9.17) is 0 Å². The van der Waals surface area contributed by atoms with Gasteiger partial charge < -0.3 is 10.6 Å². The molecule has 0 fully saturated rings. The van der Waals surface area contributed by atoms with Crippen molar-refractivity contribution >= 4 is 33.4 Å². The molecular weight excluding hydrogens is 308 g/mol. The summed E-state index contributed by atoms with van der Waals surface area (Å²) < 4.78 is -0.652. The number of amides is 2. The molecule has 0 saturated carbocycles. The van der Waals surface area contributed by atoms with Crippen LogP contribution in [0.3, 0.4) is 0 Å². The molecule has 0 aliphatic heterocycles. The van der Waals surface area contributed by atoms with Crippen LogP contribution in [-0.4, -0.2) is 22.7 Å². The lowest BCUT2D eigenvalue weighted by atomic mass is 10.1. The normalized spacial score (nSPS) is 11.0. The zero-order chi connectivity index (χ0) is 14.6. The zero-order valence-electron chi connectivity index (χ0n) is 11.6. The molecule has 0 aromatic heterocycles. The van der Waals surface area contributed by atoms with Crippen LogP contribution >= 0.6 is 15.9 Å². The van der Waals surface area contributed by atoms with E-state index in [0.717, 1.165) is 5.56 Å². The highest BCUT2D eigenvalue weighted by Gasteiger charge is 2.24. The Morgan fingerprint density at radius 3 is 2.47 bits per heavy atom. The number of nitrogens with one attached hydrogen (secondary N) is 2. The monoisotopic (exact) mass is 326 g/mol. The largest absolute Gasteiger partial charge is 0.352 e. The summed E-state index contributed by atoms with van der Waals surface area (Å²) in [5, 5.41) is 5.55. The maximum absolute atomic E-state index is 11.9. The van der Waals surface area contributed by atoms with E-state index in [2.05, 4.69) is 26.6 Å². The minimum atomic E-state index is -0.652. The Labute approximate surface area is 122 Å². The van der Waals surface area contributed by atoms with Gasteiger partial charge in [-0.1, -0.05) is 22.0 Å². The predicted octanol–water partition coefficient (Wildman–Crippen LogP) is 2.86. The fourth-order valence-corrected chi connectivity index (χ4v) is 1.53. The van der Waals surface area contributed by atoms with Crippen LogP contribution in [-0.2, 0) is 4.79 Å². The van der Waals surface area contributed by atoms with E-state index in [9.17, 15) is 9.59 Å². The molecule has 0 aliphatic rings. The van der Waals surface area contributed by atoms with Crippen molar-refractivity contribution in [3.8, 4) is 0 Å². The number of rotatable bonds is 4. The highest BCUT2D eigenvalue weighted by atomic mass is 79.9. The predicted molar refractivity (Wildman–Crippen MR) is 80.8 cm³/mol. The van der Waals surface area contributed by atoms with Crippen molar-refractivity contribution in [3.63, 3.8) is 0 Å². The Bertz CT molecular complexity index is 493. The molecule has 0 bridgehead atoms. The zero-order valence-corrected chi connectivity index (χ0v) is 13.2. The number of aryl methyl sites for hydroxylation is 1. The van der Waals surface area contributed by atoms with Crippen LogP contribution in [0.2, 0.25) is 0 Å². The molecule has 2 N–H and O–H groups in total. The number of carbonyl (C=O) groups excluding carboxylic acids is 2. The quantitative estimate of drug-likeness (QED) is 0.836. The van der Waals surface area contributed by atoms with Gasteiger partial charge in [-0.15, -0.1) is 0 Å². The van der Waals surface area contributed by atoms with Crippen molar-refractivity contribution in [2.45, 2.75) is 32.0 Å². The van der Waals surface area contributed by atoms with E-state index < -0.39 is 4.32 Å². The van der Waals surface area contributed by atoms with E-state index in [1.807, 2.05) is 19.9 Å². The maximum atomic E-state index is 11.9. The SMILES string of the molecule is CCNC(=O)c1ccc(C)c(NC(=O)C(C)(C)Br)c1. The van der Waals surface area contributed by atoms with Crippen molar-refractivity contribution < 1.29 is 9.59 Å². The molecule has 0 unspecified atom stereocenters. The van der Waals surface area contributed by atoms with E-state index in [0.29, 0.717) is 17.8 Å². The average Bonchev–Trinajstić information content (AvgIpc) is 2.30. The highest BCUT2D eigenvalue weighted by molar-refractivity contribution is 9.10. The van der Waals surface area contributed by atoms with Crippen molar-refractivity contribution in [3.05, 3.63) is 29.3 Å². The molecule has 0 saturated heterocycles. The second-order valence-corrected chi connectivity index (χ2v) is 6.80. The summed E-state index contributed by atoms with van der Waals surface area (Å²) in [6, 6.07) is 5.26. The molecule has 0 aliphatic carbocycles. The number of hydrogen-bond donors (Lipinski definition) is 2. The summed E-state index contributed by atoms with van der Waals surface area (Å²) in [4.78, 5) is 23.7. The van der Waals surface area contributed by atoms with E-state index >= 15 is 0 Å². The van der Waals surface area contributed by atoms with Crippen LogP contribution in [0.4, 0.5) is 5.69 Å². The first kappa shape index (κ1) is 15.7. The van der Waals surface area contributed by atoms with Gasteiger partial charge in [0.25, 0.3) is 5.91 Å². The summed E-state index contributed by atoms with van der Waals surface area (Å²) in [6.07, 6.45) is 0. The van der Waals surface area contributed by atoms with Crippen molar-refractivity contribution in [1.82, 2.24) is 5.32 Å². The lowest BCUT2D eigenvalue weighted by molar-refractivity contribution is -0.117. The summed E-state index contributed by atoms with van der Waals surface area (Å²) in [5.74, 6) is -0.292. The van der Waals surface area contributed by atoms with Crippen LogP contribution in [0, 0.1) is 6.92 Å². The lowest BCUT2D eigenvalue weighted by Gasteiger charge is -2.17. The smallest absolute Gasteiger partial charge is 0.251 e. The van der Waals surface area contributed by atoms with Gasteiger partial charge in [-0.3, -0.25) is 9.59 Å². The Balaban J connectivity index is 2.98. The molecule has 0 heterocycles.